The number of nitrogens with one attached hydrogen (secondary N) is 2. The number of ether oxygens (including phenoxy) is 1. The fourth-order valence-electron chi connectivity index (χ4n) is 2.43. The van der Waals surface area contributed by atoms with E-state index in [1.165, 1.54) is 18.5 Å². The van der Waals surface area contributed by atoms with Crippen LogP contribution in [0.2, 0.25) is 0 Å². The monoisotopic (exact) mass is 365 g/mol. The highest BCUT2D eigenvalue weighted by molar-refractivity contribution is 5.99. The van der Waals surface area contributed by atoms with Crippen LogP contribution in [0.1, 0.15) is 45.1 Å². The van der Waals surface area contributed by atoms with Crippen molar-refractivity contribution in [2.24, 2.45) is 0 Å². The summed E-state index contributed by atoms with van der Waals surface area (Å²) in [5.41, 5.74) is 6.35. The molecule has 0 aliphatic heterocycles. The quantitative estimate of drug-likeness (QED) is 0.677. The Bertz CT molecular complexity index is 920. The molecule has 0 saturated heterocycles. The Morgan fingerprint density at radius 2 is 1.78 bits per heavy atom. The van der Waals surface area contributed by atoms with Crippen LogP contribution in [0.4, 0.5) is 0 Å². The molecule has 2 heterocycles. The number of hydrazine groups is 1. The summed E-state index contributed by atoms with van der Waals surface area (Å²) < 4.78 is 10.8. The zero-order valence-corrected chi connectivity index (χ0v) is 14.9. The zero-order valence-electron chi connectivity index (χ0n) is 14.9. The van der Waals surface area contributed by atoms with Gasteiger partial charge in [0.1, 0.15) is 11.9 Å². The Hall–Kier alpha value is -3.61. The Morgan fingerprint density at radius 3 is 2.41 bits per heavy atom. The van der Waals surface area contributed by atoms with Gasteiger partial charge in [-0.25, -0.2) is 4.98 Å². The minimum absolute atomic E-state index is 0.170. The second kappa shape index (κ2) is 8.18. The van der Waals surface area contributed by atoms with Crippen LogP contribution in [0.25, 0.3) is 0 Å². The number of hydrogen-bond donors (Lipinski definition) is 2. The lowest BCUT2D eigenvalue weighted by Gasteiger charge is -2.14. The summed E-state index contributed by atoms with van der Waals surface area (Å²) in [5.74, 6) is -0.0720. The summed E-state index contributed by atoms with van der Waals surface area (Å²) in [5, 5.41) is 0. The van der Waals surface area contributed by atoms with Crippen LogP contribution in [0.5, 0.6) is 5.88 Å². The normalized spacial score (nSPS) is 11.5. The van der Waals surface area contributed by atoms with Crippen molar-refractivity contribution < 1.29 is 18.7 Å². The maximum absolute atomic E-state index is 12.1. The average Bonchev–Trinajstić information content (AvgIpc) is 3.13. The first-order valence-electron chi connectivity index (χ1n) is 8.37. The maximum Gasteiger partial charge on any atom is 0.273 e. The molecule has 3 aromatic rings. The van der Waals surface area contributed by atoms with E-state index >= 15 is 0 Å². The van der Waals surface area contributed by atoms with Crippen molar-refractivity contribution in [1.82, 2.24) is 15.8 Å². The summed E-state index contributed by atoms with van der Waals surface area (Å²) in [6, 6.07) is 14.5. The second-order valence-corrected chi connectivity index (χ2v) is 5.85. The van der Waals surface area contributed by atoms with E-state index in [9.17, 15) is 9.59 Å². The minimum atomic E-state index is -0.486. The average molecular weight is 365 g/mol. The molecular weight excluding hydrogens is 346 g/mol. The number of carbonyl (C=O) groups is 2. The number of pyridine rings is 1. The number of amides is 2. The number of aryl methyl sites for hydroxylation is 1. The third-order valence-corrected chi connectivity index (χ3v) is 3.96. The summed E-state index contributed by atoms with van der Waals surface area (Å²) in [6.07, 6.45) is 2.62. The first-order chi connectivity index (χ1) is 13.0. The number of benzene rings is 1. The van der Waals surface area contributed by atoms with Gasteiger partial charge in [0, 0.05) is 12.3 Å². The van der Waals surface area contributed by atoms with E-state index in [0.717, 1.165) is 5.56 Å². The first-order valence-corrected chi connectivity index (χ1v) is 8.37. The highest BCUT2D eigenvalue weighted by Gasteiger charge is 2.14. The first kappa shape index (κ1) is 18.2. The molecule has 1 unspecified atom stereocenters. The lowest BCUT2D eigenvalue weighted by atomic mass is 10.1. The molecule has 0 fully saturated rings. The highest BCUT2D eigenvalue weighted by Crippen LogP contribution is 2.19. The fourth-order valence-corrected chi connectivity index (χ4v) is 2.43. The summed E-state index contributed by atoms with van der Waals surface area (Å²) in [6.45, 7) is 3.58. The van der Waals surface area contributed by atoms with Crippen LogP contribution in [0.15, 0.2) is 65.4 Å². The van der Waals surface area contributed by atoms with E-state index in [0.29, 0.717) is 22.8 Å². The molecule has 0 aliphatic carbocycles. The SMILES string of the molecule is Cc1occc1C(=O)NNC(=O)c1ccc(OC(C)c2ccccc2)nc1. The number of carbonyl (C=O) groups excluding carboxylic acids is 2. The molecule has 2 aromatic heterocycles. The second-order valence-electron chi connectivity index (χ2n) is 5.85. The van der Waals surface area contributed by atoms with E-state index < -0.39 is 11.8 Å². The van der Waals surface area contributed by atoms with Crippen molar-refractivity contribution in [3.8, 4) is 5.88 Å². The molecule has 27 heavy (non-hydrogen) atoms. The summed E-state index contributed by atoms with van der Waals surface area (Å²) in [7, 11) is 0. The van der Waals surface area contributed by atoms with Crippen LogP contribution < -0.4 is 15.6 Å². The van der Waals surface area contributed by atoms with Crippen LogP contribution in [-0.2, 0) is 0 Å². The number of hydrogen-bond acceptors (Lipinski definition) is 5. The molecule has 3 rings (SSSR count). The molecule has 2 N–H and O–H groups in total. The molecule has 138 valence electrons. The lowest BCUT2D eigenvalue weighted by Crippen LogP contribution is -2.41. The van der Waals surface area contributed by atoms with Crippen molar-refractivity contribution in [2.75, 3.05) is 0 Å². The molecule has 7 heteroatoms. The van der Waals surface area contributed by atoms with Gasteiger partial charge in [0.05, 0.1) is 17.4 Å². The van der Waals surface area contributed by atoms with Gasteiger partial charge in [-0.05, 0) is 31.5 Å². The smallest absolute Gasteiger partial charge is 0.273 e. The van der Waals surface area contributed by atoms with Crippen molar-refractivity contribution in [1.29, 1.82) is 0 Å². The van der Waals surface area contributed by atoms with E-state index in [-0.39, 0.29) is 6.10 Å². The lowest BCUT2D eigenvalue weighted by molar-refractivity contribution is 0.0845. The minimum Gasteiger partial charge on any atom is -0.470 e. The largest absolute Gasteiger partial charge is 0.470 e. The number of rotatable bonds is 5. The summed E-state index contributed by atoms with van der Waals surface area (Å²) >= 11 is 0. The Morgan fingerprint density at radius 1 is 1.04 bits per heavy atom. The highest BCUT2D eigenvalue weighted by atomic mass is 16.5. The van der Waals surface area contributed by atoms with Crippen LogP contribution in [0.3, 0.4) is 0 Å². The molecule has 1 aromatic carbocycles. The van der Waals surface area contributed by atoms with Gasteiger partial charge in [-0.1, -0.05) is 30.3 Å². The van der Waals surface area contributed by atoms with Crippen molar-refractivity contribution in [3.05, 3.63) is 83.4 Å². The predicted molar refractivity (Wildman–Crippen MR) is 98.1 cm³/mol. The third-order valence-electron chi connectivity index (χ3n) is 3.96. The van der Waals surface area contributed by atoms with Gasteiger partial charge in [0.15, 0.2) is 0 Å². The molecule has 0 radical (unpaired) electrons. The number of aromatic nitrogens is 1. The van der Waals surface area contributed by atoms with Crippen molar-refractivity contribution in [3.63, 3.8) is 0 Å². The van der Waals surface area contributed by atoms with Gasteiger partial charge >= 0.3 is 0 Å². The fraction of sp³-hybridized carbons (Fsp3) is 0.150. The Kier molecular flexibility index (Phi) is 5.51. The van der Waals surface area contributed by atoms with Crippen LogP contribution in [0, 0.1) is 6.92 Å². The van der Waals surface area contributed by atoms with Gasteiger partial charge in [-0.15, -0.1) is 0 Å². The molecule has 1 atom stereocenters. The molecule has 0 saturated carbocycles. The van der Waals surface area contributed by atoms with Gasteiger partial charge in [-0.3, -0.25) is 20.4 Å². The van der Waals surface area contributed by atoms with Crippen molar-refractivity contribution >= 4 is 11.8 Å². The maximum atomic E-state index is 12.1. The van der Waals surface area contributed by atoms with Crippen LogP contribution >= 0.6 is 0 Å². The van der Waals surface area contributed by atoms with E-state index in [4.69, 9.17) is 9.15 Å². The van der Waals surface area contributed by atoms with Gasteiger partial charge < -0.3 is 9.15 Å². The third kappa shape index (κ3) is 4.52. The molecule has 0 spiro atoms. The zero-order chi connectivity index (χ0) is 19.2. The van der Waals surface area contributed by atoms with Gasteiger partial charge in [0.2, 0.25) is 5.88 Å². The number of furan rings is 1. The van der Waals surface area contributed by atoms with E-state index in [1.807, 2.05) is 37.3 Å². The van der Waals surface area contributed by atoms with E-state index in [2.05, 4.69) is 15.8 Å². The van der Waals surface area contributed by atoms with Crippen molar-refractivity contribution in [2.45, 2.75) is 20.0 Å². The molecule has 0 bridgehead atoms. The van der Waals surface area contributed by atoms with Gasteiger partial charge in [-0.2, -0.15) is 0 Å². The summed E-state index contributed by atoms with van der Waals surface area (Å²) in [4.78, 5) is 28.2. The van der Waals surface area contributed by atoms with E-state index in [1.54, 1.807) is 19.1 Å². The molecule has 0 aliphatic rings. The molecular formula is C20H19N3O4. The Balaban J connectivity index is 1.56. The predicted octanol–water partition coefficient (Wildman–Crippen LogP) is 3.20. The Labute approximate surface area is 156 Å². The standard InChI is InChI=1S/C20H19N3O4/c1-13(15-6-4-3-5-7-15)27-18-9-8-16(12-21-18)19(24)22-23-20(25)17-10-11-26-14(17)2/h3-13H,1-2H3,(H,22,24)(H,23,25). The van der Waals surface area contributed by atoms with Crippen LogP contribution in [-0.4, -0.2) is 16.8 Å². The molecule has 2 amide bonds. The topological polar surface area (TPSA) is 93.5 Å². The molecule has 7 nitrogen and oxygen atoms in total. The number of nitrogens with zero attached hydrogens (tertiary/aromatic N) is 1. The van der Waals surface area contributed by atoms with Gasteiger partial charge in [0.25, 0.3) is 11.8 Å².